The van der Waals surface area contributed by atoms with Crippen LogP contribution in [0.1, 0.15) is 34.8 Å². The first kappa shape index (κ1) is 12.7. The van der Waals surface area contributed by atoms with E-state index in [1.165, 1.54) is 5.56 Å². The molecule has 3 heteroatoms. The molecule has 0 aliphatic carbocycles. The predicted octanol–water partition coefficient (Wildman–Crippen LogP) is 1.80. The molecule has 1 aromatic rings. The number of aryl methyl sites for hydroxylation is 2. The van der Waals surface area contributed by atoms with Crippen LogP contribution in [0.15, 0.2) is 18.2 Å². The summed E-state index contributed by atoms with van der Waals surface area (Å²) in [4.78, 5) is 11.8. The fourth-order valence-electron chi connectivity index (χ4n) is 1.43. The predicted molar refractivity (Wildman–Crippen MR) is 64.5 cm³/mol. The highest BCUT2D eigenvalue weighted by molar-refractivity contribution is 5.94. The molecule has 0 radical (unpaired) electrons. The van der Waals surface area contributed by atoms with Crippen molar-refractivity contribution in [2.75, 3.05) is 6.61 Å². The van der Waals surface area contributed by atoms with Crippen LogP contribution < -0.4 is 5.32 Å². The van der Waals surface area contributed by atoms with E-state index in [9.17, 15) is 4.79 Å². The molecule has 1 atom stereocenters. The molecular formula is C13H19NO2. The number of amides is 1. The lowest BCUT2D eigenvalue weighted by molar-refractivity contribution is 0.0915. The van der Waals surface area contributed by atoms with Crippen molar-refractivity contribution in [2.24, 2.45) is 0 Å². The van der Waals surface area contributed by atoms with Crippen LogP contribution in [0, 0.1) is 13.8 Å². The van der Waals surface area contributed by atoms with Crippen LogP contribution in [0.25, 0.3) is 0 Å². The maximum atomic E-state index is 11.8. The molecule has 1 aromatic carbocycles. The van der Waals surface area contributed by atoms with Crippen LogP contribution in [0.2, 0.25) is 0 Å². The van der Waals surface area contributed by atoms with Crippen LogP contribution >= 0.6 is 0 Å². The topological polar surface area (TPSA) is 49.3 Å². The Morgan fingerprint density at radius 2 is 2.06 bits per heavy atom. The van der Waals surface area contributed by atoms with Gasteiger partial charge in [-0.15, -0.1) is 0 Å². The zero-order chi connectivity index (χ0) is 12.1. The number of hydrogen-bond donors (Lipinski definition) is 2. The van der Waals surface area contributed by atoms with Gasteiger partial charge in [-0.2, -0.15) is 0 Å². The maximum absolute atomic E-state index is 11.8. The van der Waals surface area contributed by atoms with Gasteiger partial charge < -0.3 is 10.4 Å². The second kappa shape index (κ2) is 5.66. The number of aliphatic hydroxyl groups is 1. The first-order chi connectivity index (χ1) is 7.58. The van der Waals surface area contributed by atoms with E-state index >= 15 is 0 Å². The fraction of sp³-hybridized carbons (Fsp3) is 0.462. The number of hydrogen-bond acceptors (Lipinski definition) is 2. The standard InChI is InChI=1S/C13H19NO2/c1-4-12(8-15)14-13(16)11-6-5-9(2)10(3)7-11/h5-7,12,15H,4,8H2,1-3H3,(H,14,16)/t12-/m1/s1. The SMILES string of the molecule is CC[C@H](CO)NC(=O)c1ccc(C)c(C)c1. The Balaban J connectivity index is 2.76. The summed E-state index contributed by atoms with van der Waals surface area (Å²) in [6, 6.07) is 5.45. The minimum absolute atomic E-state index is 0.0208. The first-order valence-electron chi connectivity index (χ1n) is 5.57. The third-order valence-corrected chi connectivity index (χ3v) is 2.82. The van der Waals surface area contributed by atoms with Gasteiger partial charge >= 0.3 is 0 Å². The van der Waals surface area contributed by atoms with Gasteiger partial charge in [-0.05, 0) is 43.5 Å². The highest BCUT2D eigenvalue weighted by Gasteiger charge is 2.11. The molecule has 0 aliphatic rings. The van der Waals surface area contributed by atoms with Gasteiger partial charge in [-0.3, -0.25) is 4.79 Å². The molecule has 0 aliphatic heterocycles. The molecule has 0 heterocycles. The van der Waals surface area contributed by atoms with E-state index in [1.54, 1.807) is 0 Å². The molecule has 88 valence electrons. The molecule has 0 fully saturated rings. The van der Waals surface area contributed by atoms with Gasteiger partial charge in [0.2, 0.25) is 0 Å². The lowest BCUT2D eigenvalue weighted by Crippen LogP contribution is -2.36. The first-order valence-corrected chi connectivity index (χ1v) is 5.57. The third-order valence-electron chi connectivity index (χ3n) is 2.82. The Morgan fingerprint density at radius 3 is 2.56 bits per heavy atom. The maximum Gasteiger partial charge on any atom is 0.251 e. The summed E-state index contributed by atoms with van der Waals surface area (Å²) in [6.45, 7) is 5.91. The zero-order valence-corrected chi connectivity index (χ0v) is 10.1. The highest BCUT2D eigenvalue weighted by atomic mass is 16.3. The quantitative estimate of drug-likeness (QED) is 0.814. The van der Waals surface area contributed by atoms with Gasteiger partial charge in [0.25, 0.3) is 5.91 Å². The van der Waals surface area contributed by atoms with Crippen molar-refractivity contribution >= 4 is 5.91 Å². The van der Waals surface area contributed by atoms with E-state index in [0.717, 1.165) is 12.0 Å². The Kier molecular flexibility index (Phi) is 4.50. The Hall–Kier alpha value is -1.35. The molecule has 0 aromatic heterocycles. The highest BCUT2D eigenvalue weighted by Crippen LogP contribution is 2.10. The summed E-state index contributed by atoms with van der Waals surface area (Å²) in [5, 5.41) is 11.8. The van der Waals surface area contributed by atoms with Crippen molar-refractivity contribution in [3.63, 3.8) is 0 Å². The number of benzene rings is 1. The summed E-state index contributed by atoms with van der Waals surface area (Å²) in [7, 11) is 0. The van der Waals surface area contributed by atoms with E-state index in [0.29, 0.717) is 5.56 Å². The minimum Gasteiger partial charge on any atom is -0.394 e. The minimum atomic E-state index is -0.158. The molecule has 1 rings (SSSR count). The van der Waals surface area contributed by atoms with Gasteiger partial charge in [-0.25, -0.2) is 0 Å². The van der Waals surface area contributed by atoms with E-state index in [4.69, 9.17) is 5.11 Å². The number of carbonyl (C=O) groups is 1. The van der Waals surface area contributed by atoms with Crippen LogP contribution in [-0.4, -0.2) is 23.7 Å². The van der Waals surface area contributed by atoms with Gasteiger partial charge in [0.05, 0.1) is 12.6 Å². The lowest BCUT2D eigenvalue weighted by Gasteiger charge is -2.14. The normalized spacial score (nSPS) is 12.2. The molecule has 16 heavy (non-hydrogen) atoms. The average Bonchev–Trinajstić information content (AvgIpc) is 2.29. The molecule has 3 nitrogen and oxygen atoms in total. The lowest BCUT2D eigenvalue weighted by atomic mass is 10.1. The molecular weight excluding hydrogens is 202 g/mol. The fourth-order valence-corrected chi connectivity index (χ4v) is 1.43. The molecule has 0 saturated carbocycles. The van der Waals surface area contributed by atoms with Gasteiger partial charge in [0.1, 0.15) is 0 Å². The average molecular weight is 221 g/mol. The second-order valence-electron chi connectivity index (χ2n) is 4.06. The third kappa shape index (κ3) is 3.07. The van der Waals surface area contributed by atoms with E-state index in [1.807, 2.05) is 39.0 Å². The smallest absolute Gasteiger partial charge is 0.251 e. The monoisotopic (exact) mass is 221 g/mol. The Morgan fingerprint density at radius 1 is 1.38 bits per heavy atom. The molecule has 2 N–H and O–H groups in total. The van der Waals surface area contributed by atoms with Crippen LogP contribution in [0.5, 0.6) is 0 Å². The van der Waals surface area contributed by atoms with E-state index in [-0.39, 0.29) is 18.6 Å². The van der Waals surface area contributed by atoms with Crippen LogP contribution in [-0.2, 0) is 0 Å². The van der Waals surface area contributed by atoms with Crippen molar-refractivity contribution in [3.8, 4) is 0 Å². The van der Waals surface area contributed by atoms with Crippen LogP contribution in [0.4, 0.5) is 0 Å². The number of nitrogens with one attached hydrogen (secondary N) is 1. The molecule has 0 bridgehead atoms. The number of rotatable bonds is 4. The number of aliphatic hydroxyl groups excluding tert-OH is 1. The van der Waals surface area contributed by atoms with Crippen molar-refractivity contribution in [1.82, 2.24) is 5.32 Å². The molecule has 1 amide bonds. The molecule has 0 unspecified atom stereocenters. The number of carbonyl (C=O) groups excluding carboxylic acids is 1. The zero-order valence-electron chi connectivity index (χ0n) is 10.1. The second-order valence-corrected chi connectivity index (χ2v) is 4.06. The van der Waals surface area contributed by atoms with Crippen molar-refractivity contribution in [2.45, 2.75) is 33.2 Å². The molecule has 0 saturated heterocycles. The van der Waals surface area contributed by atoms with Gasteiger partial charge in [0, 0.05) is 5.56 Å². The Bertz CT molecular complexity index is 370. The largest absolute Gasteiger partial charge is 0.394 e. The summed E-state index contributed by atoms with van der Waals surface area (Å²) >= 11 is 0. The Labute approximate surface area is 96.5 Å². The van der Waals surface area contributed by atoms with Crippen molar-refractivity contribution < 1.29 is 9.90 Å². The van der Waals surface area contributed by atoms with Gasteiger partial charge in [-0.1, -0.05) is 13.0 Å². The summed E-state index contributed by atoms with van der Waals surface area (Å²) in [5.41, 5.74) is 2.92. The molecule has 0 spiro atoms. The van der Waals surface area contributed by atoms with Crippen molar-refractivity contribution in [1.29, 1.82) is 0 Å². The van der Waals surface area contributed by atoms with E-state index in [2.05, 4.69) is 5.32 Å². The van der Waals surface area contributed by atoms with Crippen molar-refractivity contribution in [3.05, 3.63) is 34.9 Å². The summed E-state index contributed by atoms with van der Waals surface area (Å²) in [5.74, 6) is -0.121. The van der Waals surface area contributed by atoms with E-state index < -0.39 is 0 Å². The summed E-state index contributed by atoms with van der Waals surface area (Å²) in [6.07, 6.45) is 0.729. The summed E-state index contributed by atoms with van der Waals surface area (Å²) < 4.78 is 0. The van der Waals surface area contributed by atoms with Gasteiger partial charge in [0.15, 0.2) is 0 Å². The van der Waals surface area contributed by atoms with Crippen LogP contribution in [0.3, 0.4) is 0 Å².